The highest BCUT2D eigenvalue weighted by molar-refractivity contribution is 5.79. The summed E-state index contributed by atoms with van der Waals surface area (Å²) in [4.78, 5) is 19.2. The standard InChI is InChI=1S/C20H25N3O3/c1-14-10-16(21-2)12-17(22-14)19-13-23(8-9-26-19)20(24)11-15-6-4-5-7-18(15)25-3/h4-7,10,12,19H,8-9,11,13H2,1-3H3,(H,21,22). The smallest absolute Gasteiger partial charge is 0.227 e. The van der Waals surface area contributed by atoms with Crippen molar-refractivity contribution in [2.24, 2.45) is 0 Å². The average Bonchev–Trinajstić information content (AvgIpc) is 2.68. The van der Waals surface area contributed by atoms with Crippen molar-refractivity contribution < 1.29 is 14.3 Å². The van der Waals surface area contributed by atoms with Crippen LogP contribution in [0.3, 0.4) is 0 Å². The number of morpholine rings is 1. The van der Waals surface area contributed by atoms with Crippen molar-refractivity contribution in [3.8, 4) is 5.75 Å². The summed E-state index contributed by atoms with van der Waals surface area (Å²) in [6, 6.07) is 11.6. The number of carbonyl (C=O) groups is 1. The lowest BCUT2D eigenvalue weighted by Crippen LogP contribution is -2.43. The Kier molecular flexibility index (Phi) is 5.73. The predicted molar refractivity (Wildman–Crippen MR) is 100 cm³/mol. The van der Waals surface area contributed by atoms with Gasteiger partial charge in [0.1, 0.15) is 11.9 Å². The Morgan fingerprint density at radius 3 is 2.96 bits per heavy atom. The quantitative estimate of drug-likeness (QED) is 0.893. The van der Waals surface area contributed by atoms with Crippen LogP contribution in [0.4, 0.5) is 5.69 Å². The molecule has 1 fully saturated rings. The fourth-order valence-electron chi connectivity index (χ4n) is 3.18. The molecule has 0 saturated carbocycles. The third-order valence-electron chi connectivity index (χ3n) is 4.55. The first kappa shape index (κ1) is 18.2. The Hall–Kier alpha value is -2.60. The maximum atomic E-state index is 12.8. The fraction of sp³-hybridized carbons (Fsp3) is 0.400. The molecule has 1 aliphatic heterocycles. The van der Waals surface area contributed by atoms with Crippen LogP contribution in [0, 0.1) is 6.92 Å². The maximum Gasteiger partial charge on any atom is 0.227 e. The summed E-state index contributed by atoms with van der Waals surface area (Å²) in [5.41, 5.74) is 3.67. The minimum Gasteiger partial charge on any atom is -0.496 e. The van der Waals surface area contributed by atoms with E-state index in [1.165, 1.54) is 0 Å². The van der Waals surface area contributed by atoms with Crippen molar-refractivity contribution in [1.29, 1.82) is 0 Å². The molecule has 3 rings (SSSR count). The van der Waals surface area contributed by atoms with Crippen LogP contribution in [0.1, 0.15) is 23.1 Å². The van der Waals surface area contributed by atoms with Crippen molar-refractivity contribution in [3.05, 3.63) is 53.3 Å². The number of benzene rings is 1. The van der Waals surface area contributed by atoms with E-state index in [-0.39, 0.29) is 12.0 Å². The summed E-state index contributed by atoms with van der Waals surface area (Å²) >= 11 is 0. The van der Waals surface area contributed by atoms with Gasteiger partial charge in [-0.05, 0) is 25.1 Å². The van der Waals surface area contributed by atoms with Gasteiger partial charge in [-0.1, -0.05) is 18.2 Å². The van der Waals surface area contributed by atoms with Crippen LogP contribution >= 0.6 is 0 Å². The van der Waals surface area contributed by atoms with E-state index in [2.05, 4.69) is 10.3 Å². The number of amides is 1. The molecule has 1 aromatic heterocycles. The lowest BCUT2D eigenvalue weighted by atomic mass is 10.1. The number of nitrogens with one attached hydrogen (secondary N) is 1. The minimum absolute atomic E-state index is 0.0734. The van der Waals surface area contributed by atoms with Crippen LogP contribution in [-0.2, 0) is 16.0 Å². The van der Waals surface area contributed by atoms with Crippen LogP contribution in [-0.4, -0.2) is 49.6 Å². The molecular weight excluding hydrogens is 330 g/mol. The van der Waals surface area contributed by atoms with E-state index in [4.69, 9.17) is 9.47 Å². The Bertz CT molecular complexity index is 779. The second kappa shape index (κ2) is 8.19. The number of aromatic nitrogens is 1. The molecular formula is C20H25N3O3. The molecule has 6 heteroatoms. The Balaban J connectivity index is 1.72. The first-order valence-electron chi connectivity index (χ1n) is 8.78. The van der Waals surface area contributed by atoms with E-state index in [1.54, 1.807) is 7.11 Å². The van der Waals surface area contributed by atoms with E-state index in [1.807, 2.05) is 55.3 Å². The highest BCUT2D eigenvalue weighted by Crippen LogP contribution is 2.25. The molecule has 0 spiro atoms. The summed E-state index contributed by atoms with van der Waals surface area (Å²) in [7, 11) is 3.50. The zero-order chi connectivity index (χ0) is 18.5. The van der Waals surface area contributed by atoms with Crippen molar-refractivity contribution in [3.63, 3.8) is 0 Å². The van der Waals surface area contributed by atoms with Crippen molar-refractivity contribution in [2.45, 2.75) is 19.4 Å². The number of carbonyl (C=O) groups excluding carboxylic acids is 1. The second-order valence-electron chi connectivity index (χ2n) is 6.36. The van der Waals surface area contributed by atoms with Crippen molar-refractivity contribution >= 4 is 11.6 Å². The Labute approximate surface area is 154 Å². The van der Waals surface area contributed by atoms with Crippen LogP contribution in [0.25, 0.3) is 0 Å². The van der Waals surface area contributed by atoms with Gasteiger partial charge in [0.15, 0.2) is 0 Å². The van der Waals surface area contributed by atoms with Gasteiger partial charge in [-0.25, -0.2) is 0 Å². The number of anilines is 1. The number of para-hydroxylation sites is 1. The van der Waals surface area contributed by atoms with Gasteiger partial charge < -0.3 is 19.7 Å². The molecule has 1 atom stereocenters. The molecule has 1 saturated heterocycles. The number of aryl methyl sites for hydroxylation is 1. The molecule has 0 aliphatic carbocycles. The van der Waals surface area contributed by atoms with Crippen molar-refractivity contribution in [1.82, 2.24) is 9.88 Å². The predicted octanol–water partition coefficient (Wildman–Crippen LogP) is 2.58. The highest BCUT2D eigenvalue weighted by atomic mass is 16.5. The number of hydrogen-bond donors (Lipinski definition) is 1. The zero-order valence-electron chi connectivity index (χ0n) is 15.5. The average molecular weight is 355 g/mol. The number of pyridine rings is 1. The molecule has 1 unspecified atom stereocenters. The highest BCUT2D eigenvalue weighted by Gasteiger charge is 2.27. The van der Waals surface area contributed by atoms with Gasteiger partial charge in [-0.2, -0.15) is 0 Å². The minimum atomic E-state index is -0.211. The number of hydrogen-bond acceptors (Lipinski definition) is 5. The SMILES string of the molecule is CNc1cc(C)nc(C2CN(C(=O)Cc3ccccc3OC)CCO2)c1. The normalized spacial score (nSPS) is 17.0. The van der Waals surface area contributed by atoms with Gasteiger partial charge in [0, 0.05) is 30.5 Å². The van der Waals surface area contributed by atoms with E-state index >= 15 is 0 Å². The zero-order valence-corrected chi connectivity index (χ0v) is 15.5. The molecule has 0 bridgehead atoms. The lowest BCUT2D eigenvalue weighted by molar-refractivity contribution is -0.138. The third kappa shape index (κ3) is 4.14. The molecule has 1 aromatic carbocycles. The summed E-state index contributed by atoms with van der Waals surface area (Å²) in [6.07, 6.45) is 0.108. The van der Waals surface area contributed by atoms with E-state index in [9.17, 15) is 4.79 Å². The monoisotopic (exact) mass is 355 g/mol. The van der Waals surface area contributed by atoms with Gasteiger partial charge in [0.25, 0.3) is 0 Å². The summed E-state index contributed by atoms with van der Waals surface area (Å²) in [6.45, 7) is 3.56. The summed E-state index contributed by atoms with van der Waals surface area (Å²) in [5.74, 6) is 0.814. The number of rotatable bonds is 5. The number of ether oxygens (including phenoxy) is 2. The van der Waals surface area contributed by atoms with Gasteiger partial charge in [0.2, 0.25) is 5.91 Å². The summed E-state index contributed by atoms with van der Waals surface area (Å²) in [5, 5.41) is 3.14. The first-order valence-corrected chi connectivity index (χ1v) is 8.78. The molecule has 1 N–H and O–H groups in total. The topological polar surface area (TPSA) is 63.7 Å². The molecule has 0 radical (unpaired) electrons. The lowest BCUT2D eigenvalue weighted by Gasteiger charge is -2.33. The van der Waals surface area contributed by atoms with E-state index in [0.717, 1.165) is 28.4 Å². The number of nitrogens with zero attached hydrogens (tertiary/aromatic N) is 2. The van der Waals surface area contributed by atoms with Gasteiger partial charge >= 0.3 is 0 Å². The molecule has 6 nitrogen and oxygen atoms in total. The van der Waals surface area contributed by atoms with E-state index in [0.29, 0.717) is 26.1 Å². The second-order valence-corrected chi connectivity index (χ2v) is 6.36. The number of methoxy groups -OCH3 is 1. The maximum absolute atomic E-state index is 12.8. The Morgan fingerprint density at radius 1 is 1.38 bits per heavy atom. The molecule has 138 valence electrons. The Morgan fingerprint density at radius 2 is 2.19 bits per heavy atom. The van der Waals surface area contributed by atoms with Gasteiger partial charge in [-0.15, -0.1) is 0 Å². The molecule has 1 amide bonds. The molecule has 26 heavy (non-hydrogen) atoms. The first-order chi connectivity index (χ1) is 12.6. The fourth-order valence-corrected chi connectivity index (χ4v) is 3.18. The van der Waals surface area contributed by atoms with Gasteiger partial charge in [-0.3, -0.25) is 9.78 Å². The van der Waals surface area contributed by atoms with Crippen LogP contribution in [0.2, 0.25) is 0 Å². The summed E-state index contributed by atoms with van der Waals surface area (Å²) < 4.78 is 11.2. The van der Waals surface area contributed by atoms with Gasteiger partial charge in [0.05, 0.1) is 32.4 Å². The van der Waals surface area contributed by atoms with Crippen LogP contribution in [0.15, 0.2) is 36.4 Å². The van der Waals surface area contributed by atoms with Crippen LogP contribution in [0.5, 0.6) is 5.75 Å². The van der Waals surface area contributed by atoms with E-state index < -0.39 is 0 Å². The third-order valence-corrected chi connectivity index (χ3v) is 4.55. The van der Waals surface area contributed by atoms with Crippen molar-refractivity contribution in [2.75, 3.05) is 39.2 Å². The largest absolute Gasteiger partial charge is 0.496 e. The molecule has 2 heterocycles. The van der Waals surface area contributed by atoms with Crippen LogP contribution < -0.4 is 10.1 Å². The molecule has 2 aromatic rings. The molecule has 1 aliphatic rings.